The van der Waals surface area contributed by atoms with Crippen molar-refractivity contribution in [2.24, 2.45) is 5.73 Å². The molecular weight excluding hydrogens is 566 g/mol. The van der Waals surface area contributed by atoms with E-state index in [2.05, 4.69) is 10.0 Å². The Morgan fingerprint density at radius 1 is 1.08 bits per heavy atom. The highest BCUT2D eigenvalue weighted by molar-refractivity contribution is 7.92. The molecule has 3 heterocycles. The molecule has 208 valence electrons. The molecule has 0 bridgehead atoms. The van der Waals surface area contributed by atoms with Crippen LogP contribution in [-0.2, 0) is 24.4 Å². The van der Waals surface area contributed by atoms with Gasteiger partial charge in [0.05, 0.1) is 10.9 Å². The monoisotopic (exact) mass is 593 g/mol. The largest absolute Gasteiger partial charge is 0.366 e. The van der Waals surface area contributed by atoms with Gasteiger partial charge in [0.15, 0.2) is 0 Å². The van der Waals surface area contributed by atoms with Crippen molar-refractivity contribution in [2.75, 3.05) is 25.0 Å². The van der Waals surface area contributed by atoms with Crippen molar-refractivity contribution in [1.29, 1.82) is 0 Å². The van der Waals surface area contributed by atoms with E-state index in [1.165, 1.54) is 39.3 Å². The van der Waals surface area contributed by atoms with Crippen LogP contribution in [0.25, 0.3) is 6.08 Å². The number of nitrogens with two attached hydrogens (primary N) is 1. The highest BCUT2D eigenvalue weighted by Gasteiger charge is 2.37. The maximum Gasteiger partial charge on any atom is 0.248 e. The lowest BCUT2D eigenvalue weighted by molar-refractivity contribution is -0.144. The van der Waals surface area contributed by atoms with Crippen molar-refractivity contribution in [1.82, 2.24) is 14.5 Å². The number of hydrogen-bond donors (Lipinski definition) is 3. The van der Waals surface area contributed by atoms with Gasteiger partial charge in [-0.1, -0.05) is 11.6 Å². The average Bonchev–Trinajstić information content (AvgIpc) is 3.55. The van der Waals surface area contributed by atoms with E-state index in [9.17, 15) is 27.6 Å². The van der Waals surface area contributed by atoms with Gasteiger partial charge < -0.3 is 20.9 Å². The normalized spacial score (nSPS) is 20.0. The summed E-state index contributed by atoms with van der Waals surface area (Å²) < 4.78 is 28.0. The molecule has 11 nitrogen and oxygen atoms in total. The van der Waals surface area contributed by atoms with Gasteiger partial charge in [0, 0.05) is 34.6 Å². The molecule has 4 amide bonds. The zero-order valence-electron chi connectivity index (χ0n) is 20.8. The zero-order valence-corrected chi connectivity index (χ0v) is 23.2. The molecule has 2 aliphatic rings. The highest BCUT2D eigenvalue weighted by Crippen LogP contribution is 2.23. The molecule has 0 saturated carbocycles. The number of rotatable bonds is 9. The minimum atomic E-state index is -3.92. The van der Waals surface area contributed by atoms with Crippen LogP contribution in [0.15, 0.2) is 41.8 Å². The Morgan fingerprint density at radius 3 is 2.46 bits per heavy atom. The molecule has 1 aromatic carbocycles. The third-order valence-corrected chi connectivity index (χ3v) is 8.79. The first kappa shape index (κ1) is 28.7. The third-order valence-electron chi connectivity index (χ3n) is 6.48. The summed E-state index contributed by atoms with van der Waals surface area (Å²) in [6.45, 7) is 0.425. The number of benzene rings is 1. The maximum atomic E-state index is 13.1. The molecule has 1 aromatic heterocycles. The van der Waals surface area contributed by atoms with Crippen molar-refractivity contribution in [3.8, 4) is 0 Å². The van der Waals surface area contributed by atoms with Crippen molar-refractivity contribution in [2.45, 2.75) is 37.8 Å². The molecule has 2 aromatic rings. The van der Waals surface area contributed by atoms with Gasteiger partial charge in [0.25, 0.3) is 0 Å². The van der Waals surface area contributed by atoms with E-state index in [0.717, 1.165) is 5.41 Å². The Bertz CT molecular complexity index is 1390. The van der Waals surface area contributed by atoms with Crippen LogP contribution in [0, 0.1) is 0 Å². The summed E-state index contributed by atoms with van der Waals surface area (Å²) in [6.07, 6.45) is 3.32. The number of halogens is 1. The Morgan fingerprint density at radius 2 is 1.79 bits per heavy atom. The van der Waals surface area contributed by atoms with E-state index >= 15 is 0 Å². The summed E-state index contributed by atoms with van der Waals surface area (Å²) in [5, 5.41) is 3.74. The van der Waals surface area contributed by atoms with E-state index in [0.29, 0.717) is 59.2 Å². The fourth-order valence-electron chi connectivity index (χ4n) is 4.55. The van der Waals surface area contributed by atoms with Gasteiger partial charge in [-0.05, 0) is 68.2 Å². The lowest BCUT2D eigenvalue weighted by Gasteiger charge is -2.33. The summed E-state index contributed by atoms with van der Waals surface area (Å²) in [5.74, 6) is -1.83. The topological polar surface area (TPSA) is 159 Å². The minimum absolute atomic E-state index is 0.252. The lowest BCUT2D eigenvalue weighted by Crippen LogP contribution is -2.55. The first-order chi connectivity index (χ1) is 18.5. The van der Waals surface area contributed by atoms with Crippen LogP contribution in [0.1, 0.15) is 40.9 Å². The number of amides is 4. The molecule has 2 saturated heterocycles. The van der Waals surface area contributed by atoms with Gasteiger partial charge in [-0.2, -0.15) is 4.72 Å². The van der Waals surface area contributed by atoms with E-state index in [1.807, 2.05) is 0 Å². The number of thiophene rings is 1. The number of nitrogens with zero attached hydrogens (tertiary/aromatic N) is 2. The summed E-state index contributed by atoms with van der Waals surface area (Å²) in [4.78, 5) is 53.8. The second-order valence-electron chi connectivity index (χ2n) is 9.24. The van der Waals surface area contributed by atoms with Crippen LogP contribution < -0.4 is 15.8 Å². The summed E-state index contributed by atoms with van der Waals surface area (Å²) in [6, 6.07) is 7.74. The first-order valence-corrected chi connectivity index (χ1v) is 15.0. The third kappa shape index (κ3) is 7.44. The number of hydrogen-bond acceptors (Lipinski definition) is 7. The number of piperidine rings is 1. The number of carbonyl (C=O) groups is 4. The van der Waals surface area contributed by atoms with Crippen LogP contribution in [0.5, 0.6) is 0 Å². The fourth-order valence-corrected chi connectivity index (χ4v) is 6.62. The predicted octanol–water partition coefficient (Wildman–Crippen LogP) is 2.01. The molecule has 0 unspecified atom stereocenters. The molecule has 0 aliphatic carbocycles. The molecule has 0 spiro atoms. The quantitative estimate of drug-likeness (QED) is 0.403. The van der Waals surface area contributed by atoms with E-state index < -0.39 is 33.9 Å². The van der Waals surface area contributed by atoms with Crippen LogP contribution >= 0.6 is 22.9 Å². The van der Waals surface area contributed by atoms with Gasteiger partial charge in [-0.15, -0.1) is 11.3 Å². The highest BCUT2D eigenvalue weighted by atomic mass is 35.5. The maximum absolute atomic E-state index is 13.1. The second-order valence-corrected chi connectivity index (χ2v) is 12.6. The lowest BCUT2D eigenvalue weighted by atomic mass is 10.1. The van der Waals surface area contributed by atoms with Crippen LogP contribution in [0.3, 0.4) is 0 Å². The van der Waals surface area contributed by atoms with Crippen molar-refractivity contribution < 1.29 is 27.6 Å². The zero-order chi connectivity index (χ0) is 28.2. The summed E-state index contributed by atoms with van der Waals surface area (Å²) in [7, 11) is -3.92. The molecule has 2 fully saturated rings. The van der Waals surface area contributed by atoms with Gasteiger partial charge in [0.2, 0.25) is 33.7 Å². The number of anilines is 1. The predicted molar refractivity (Wildman–Crippen MR) is 148 cm³/mol. The Kier molecular flexibility index (Phi) is 9.05. The fraction of sp³-hybridized carbons (Fsp3) is 0.360. The van der Waals surface area contributed by atoms with Crippen molar-refractivity contribution in [3.63, 3.8) is 0 Å². The van der Waals surface area contributed by atoms with Gasteiger partial charge in [-0.25, -0.2) is 8.42 Å². The van der Waals surface area contributed by atoms with Gasteiger partial charge >= 0.3 is 0 Å². The first-order valence-electron chi connectivity index (χ1n) is 12.3. The number of carbonyl (C=O) groups excluding carboxylic acids is 4. The average molecular weight is 594 g/mol. The smallest absolute Gasteiger partial charge is 0.248 e. The Labute approximate surface area is 235 Å². The van der Waals surface area contributed by atoms with E-state index in [4.69, 9.17) is 17.3 Å². The Balaban J connectivity index is 1.34. The molecule has 4 N–H and O–H groups in total. The summed E-state index contributed by atoms with van der Waals surface area (Å²) >= 11 is 7.09. The number of nitrogens with one attached hydrogen (secondary N) is 2. The molecule has 14 heteroatoms. The molecule has 2 aliphatic heterocycles. The van der Waals surface area contributed by atoms with Gasteiger partial charge in [-0.3, -0.25) is 19.2 Å². The minimum Gasteiger partial charge on any atom is -0.366 e. The summed E-state index contributed by atoms with van der Waals surface area (Å²) in [5.41, 5.74) is 6.01. The second kappa shape index (κ2) is 12.3. The van der Waals surface area contributed by atoms with Gasteiger partial charge in [0.1, 0.15) is 12.1 Å². The van der Waals surface area contributed by atoms with Crippen LogP contribution in [0.2, 0.25) is 4.34 Å². The van der Waals surface area contributed by atoms with Crippen molar-refractivity contribution >= 4 is 68.4 Å². The molecule has 0 radical (unpaired) electrons. The van der Waals surface area contributed by atoms with Crippen LogP contribution in [-0.4, -0.2) is 73.6 Å². The SMILES string of the molecule is NC(=O)c1ccc(NC(=O)[C@H]2CCCN2C(=O)CN2CCC[C@H](NS(=O)(=O)C=Cc3ccc(Cl)s3)C2=O)cc1. The molecule has 39 heavy (non-hydrogen) atoms. The van der Waals surface area contributed by atoms with Crippen molar-refractivity contribution in [3.05, 3.63) is 56.6 Å². The number of likely N-dealkylation sites (tertiary alicyclic amines) is 2. The molecular formula is C25H28ClN5O6S2. The Hall–Kier alpha value is -3.26. The molecule has 2 atom stereocenters. The number of sulfonamides is 1. The van der Waals surface area contributed by atoms with E-state index in [1.54, 1.807) is 24.3 Å². The number of primary amides is 1. The standard InChI is InChI=1S/C25H28ClN5O6S2/c26-21-10-9-18(38-21)11-14-39(36,37)29-19-3-1-12-30(25(19)35)15-22(32)31-13-2-4-20(31)24(34)28-17-7-5-16(6-8-17)23(27)33/h5-11,14,19-20,29H,1-4,12-13,15H2,(H2,27,33)(H,28,34)/t19-,20+/m0/s1. The van der Waals surface area contributed by atoms with Crippen LogP contribution in [0.4, 0.5) is 5.69 Å². The molecule has 4 rings (SSSR count). The van der Waals surface area contributed by atoms with E-state index in [-0.39, 0.29) is 18.4 Å².